The van der Waals surface area contributed by atoms with Crippen LogP contribution in [0.1, 0.15) is 35.7 Å². The van der Waals surface area contributed by atoms with Crippen molar-refractivity contribution in [1.82, 2.24) is 0 Å². The number of rotatable bonds is 5. The zero-order valence-corrected chi connectivity index (χ0v) is 13.2. The predicted molar refractivity (Wildman–Crippen MR) is 93.3 cm³/mol. The summed E-state index contributed by atoms with van der Waals surface area (Å²) in [6.07, 6.45) is 3.99. The van der Waals surface area contributed by atoms with Crippen molar-refractivity contribution in [3.63, 3.8) is 0 Å². The predicted octanol–water partition coefficient (Wildman–Crippen LogP) is 5.80. The van der Waals surface area contributed by atoms with Gasteiger partial charge in [0.1, 0.15) is 5.82 Å². The molecule has 3 aromatic rings. The largest absolute Gasteiger partial charge is 0.298 e. The molecule has 0 spiro atoms. The first-order valence-corrected chi connectivity index (χ1v) is 8.00. The Hall–Kier alpha value is -2.48. The van der Waals surface area contributed by atoms with Gasteiger partial charge in [-0.2, -0.15) is 0 Å². The zero-order valence-electron chi connectivity index (χ0n) is 13.2. The van der Waals surface area contributed by atoms with Crippen LogP contribution in [0.25, 0.3) is 21.9 Å². The average Bonchev–Trinajstić information content (AvgIpc) is 2.59. The van der Waals surface area contributed by atoms with Gasteiger partial charge in [0.05, 0.1) is 0 Å². The lowest BCUT2D eigenvalue weighted by molar-refractivity contribution is 0.112. The number of unbranched alkanes of at least 4 members (excludes halogenated alkanes) is 1. The Bertz CT molecular complexity index is 834. The highest BCUT2D eigenvalue weighted by Crippen LogP contribution is 2.34. The third kappa shape index (κ3) is 3.02. The van der Waals surface area contributed by atoms with Crippen LogP contribution in [0.4, 0.5) is 4.39 Å². The van der Waals surface area contributed by atoms with Crippen LogP contribution in [0.5, 0.6) is 0 Å². The molecule has 0 N–H and O–H groups in total. The maximum absolute atomic E-state index is 13.3. The summed E-state index contributed by atoms with van der Waals surface area (Å²) in [7, 11) is 0. The summed E-state index contributed by atoms with van der Waals surface area (Å²) in [5, 5.41) is 2.02. The molecule has 0 aliphatic rings. The fourth-order valence-electron chi connectivity index (χ4n) is 3.08. The number of aryl methyl sites for hydroxylation is 1. The minimum atomic E-state index is -0.266. The van der Waals surface area contributed by atoms with Gasteiger partial charge in [-0.3, -0.25) is 4.79 Å². The van der Waals surface area contributed by atoms with Crippen LogP contribution in [0.2, 0.25) is 0 Å². The molecule has 0 aliphatic carbocycles. The fourth-order valence-corrected chi connectivity index (χ4v) is 3.08. The standard InChI is InChI=1S/C21H19FO/c1-2-3-6-17-13-16-7-4-5-8-19(16)20(14-23)21(17)15-9-11-18(22)12-10-15/h4-5,7-14H,2-3,6H2,1H3. The molecule has 0 saturated carbocycles. The van der Waals surface area contributed by atoms with E-state index < -0.39 is 0 Å². The number of benzene rings is 3. The van der Waals surface area contributed by atoms with Gasteiger partial charge in [-0.25, -0.2) is 4.39 Å². The van der Waals surface area contributed by atoms with Crippen molar-refractivity contribution in [2.45, 2.75) is 26.2 Å². The molecule has 0 bridgehead atoms. The van der Waals surface area contributed by atoms with Crippen molar-refractivity contribution in [3.8, 4) is 11.1 Å². The number of halogens is 1. The van der Waals surface area contributed by atoms with E-state index in [1.54, 1.807) is 12.1 Å². The van der Waals surface area contributed by atoms with Gasteiger partial charge in [-0.15, -0.1) is 0 Å². The SMILES string of the molecule is CCCCc1cc2ccccc2c(C=O)c1-c1ccc(F)cc1. The minimum absolute atomic E-state index is 0.266. The molecule has 0 radical (unpaired) electrons. The van der Waals surface area contributed by atoms with E-state index in [-0.39, 0.29) is 5.82 Å². The molecular formula is C21H19FO. The Kier molecular flexibility index (Phi) is 4.52. The van der Waals surface area contributed by atoms with Gasteiger partial charge in [-0.1, -0.05) is 55.8 Å². The van der Waals surface area contributed by atoms with Crippen molar-refractivity contribution < 1.29 is 9.18 Å². The quantitative estimate of drug-likeness (QED) is 0.544. The summed E-state index contributed by atoms with van der Waals surface area (Å²) in [5.74, 6) is -0.266. The van der Waals surface area contributed by atoms with Crippen LogP contribution < -0.4 is 0 Å². The average molecular weight is 306 g/mol. The fraction of sp³-hybridized carbons (Fsp3) is 0.190. The first-order chi connectivity index (χ1) is 11.2. The summed E-state index contributed by atoms with van der Waals surface area (Å²) in [4.78, 5) is 11.8. The second kappa shape index (κ2) is 6.74. The molecule has 116 valence electrons. The van der Waals surface area contributed by atoms with E-state index in [1.165, 1.54) is 12.1 Å². The highest BCUT2D eigenvalue weighted by atomic mass is 19.1. The summed E-state index contributed by atoms with van der Waals surface area (Å²) in [6, 6.07) is 16.5. The van der Waals surface area contributed by atoms with Gasteiger partial charge >= 0.3 is 0 Å². The lowest BCUT2D eigenvalue weighted by Gasteiger charge is -2.15. The normalized spacial score (nSPS) is 10.9. The van der Waals surface area contributed by atoms with E-state index in [9.17, 15) is 9.18 Å². The van der Waals surface area contributed by atoms with E-state index in [2.05, 4.69) is 13.0 Å². The van der Waals surface area contributed by atoms with Crippen molar-refractivity contribution >= 4 is 17.1 Å². The monoisotopic (exact) mass is 306 g/mol. The van der Waals surface area contributed by atoms with Crippen LogP contribution in [0.15, 0.2) is 54.6 Å². The van der Waals surface area contributed by atoms with Crippen LogP contribution in [-0.2, 0) is 6.42 Å². The Labute approximate surface area is 135 Å². The lowest BCUT2D eigenvalue weighted by Crippen LogP contribution is -1.98. The Morgan fingerprint density at radius 3 is 2.48 bits per heavy atom. The molecule has 0 amide bonds. The van der Waals surface area contributed by atoms with E-state index >= 15 is 0 Å². The van der Waals surface area contributed by atoms with Crippen LogP contribution in [0.3, 0.4) is 0 Å². The van der Waals surface area contributed by atoms with Gasteiger partial charge in [0, 0.05) is 5.56 Å². The molecule has 0 heterocycles. The van der Waals surface area contributed by atoms with E-state index in [4.69, 9.17) is 0 Å². The van der Waals surface area contributed by atoms with E-state index in [1.807, 2.05) is 24.3 Å². The number of hydrogen-bond acceptors (Lipinski definition) is 1. The number of fused-ring (bicyclic) bond motifs is 1. The van der Waals surface area contributed by atoms with E-state index in [0.29, 0.717) is 5.56 Å². The molecule has 0 saturated heterocycles. The van der Waals surface area contributed by atoms with E-state index in [0.717, 1.165) is 53.0 Å². The molecule has 2 heteroatoms. The summed E-state index contributed by atoms with van der Waals surface area (Å²) in [5.41, 5.74) is 3.68. The van der Waals surface area contributed by atoms with Crippen molar-refractivity contribution in [2.24, 2.45) is 0 Å². The third-order valence-electron chi connectivity index (χ3n) is 4.22. The summed E-state index contributed by atoms with van der Waals surface area (Å²) in [6.45, 7) is 2.15. The molecule has 0 unspecified atom stereocenters. The zero-order chi connectivity index (χ0) is 16.2. The molecule has 3 aromatic carbocycles. The second-order valence-corrected chi connectivity index (χ2v) is 5.77. The second-order valence-electron chi connectivity index (χ2n) is 5.77. The maximum Gasteiger partial charge on any atom is 0.151 e. The molecule has 3 rings (SSSR count). The highest BCUT2D eigenvalue weighted by Gasteiger charge is 2.14. The van der Waals surface area contributed by atoms with Crippen molar-refractivity contribution in [2.75, 3.05) is 0 Å². The van der Waals surface area contributed by atoms with Crippen LogP contribution in [-0.4, -0.2) is 6.29 Å². The van der Waals surface area contributed by atoms with Gasteiger partial charge in [-0.05, 0) is 52.4 Å². The number of aldehydes is 1. The first-order valence-electron chi connectivity index (χ1n) is 8.00. The Balaban J connectivity index is 2.30. The molecule has 0 aromatic heterocycles. The molecule has 0 aliphatic heterocycles. The third-order valence-corrected chi connectivity index (χ3v) is 4.22. The minimum Gasteiger partial charge on any atom is -0.298 e. The van der Waals surface area contributed by atoms with Gasteiger partial charge in [0.2, 0.25) is 0 Å². The van der Waals surface area contributed by atoms with Gasteiger partial charge in [0.15, 0.2) is 6.29 Å². The number of carbonyl (C=O) groups excluding carboxylic acids is 1. The summed E-state index contributed by atoms with van der Waals surface area (Å²) < 4.78 is 13.3. The topological polar surface area (TPSA) is 17.1 Å². The molecular weight excluding hydrogens is 287 g/mol. The maximum atomic E-state index is 13.3. The Morgan fingerprint density at radius 2 is 1.78 bits per heavy atom. The first kappa shape index (κ1) is 15.4. The van der Waals surface area contributed by atoms with Crippen molar-refractivity contribution in [3.05, 3.63) is 71.5 Å². The van der Waals surface area contributed by atoms with Gasteiger partial charge in [0.25, 0.3) is 0 Å². The highest BCUT2D eigenvalue weighted by molar-refractivity contribution is 6.05. The Morgan fingerprint density at radius 1 is 1.04 bits per heavy atom. The smallest absolute Gasteiger partial charge is 0.151 e. The molecule has 1 nitrogen and oxygen atoms in total. The van der Waals surface area contributed by atoms with Crippen LogP contribution >= 0.6 is 0 Å². The van der Waals surface area contributed by atoms with Gasteiger partial charge < -0.3 is 0 Å². The van der Waals surface area contributed by atoms with Crippen LogP contribution in [0, 0.1) is 5.82 Å². The summed E-state index contributed by atoms with van der Waals surface area (Å²) >= 11 is 0. The lowest BCUT2D eigenvalue weighted by atomic mass is 9.88. The number of carbonyl (C=O) groups is 1. The van der Waals surface area contributed by atoms with Crippen molar-refractivity contribution in [1.29, 1.82) is 0 Å². The number of hydrogen-bond donors (Lipinski definition) is 0. The molecule has 23 heavy (non-hydrogen) atoms. The molecule has 0 fully saturated rings. The molecule has 0 atom stereocenters.